The zero-order valence-electron chi connectivity index (χ0n) is 19.4. The van der Waals surface area contributed by atoms with Gasteiger partial charge in [0, 0.05) is 31.2 Å². The van der Waals surface area contributed by atoms with Crippen LogP contribution in [0.5, 0.6) is 5.75 Å². The van der Waals surface area contributed by atoms with E-state index in [1.54, 1.807) is 7.11 Å². The minimum Gasteiger partial charge on any atom is -0.497 e. The van der Waals surface area contributed by atoms with E-state index in [1.165, 1.54) is 23.4 Å². The van der Waals surface area contributed by atoms with Crippen LogP contribution < -0.4 is 15.0 Å². The maximum Gasteiger partial charge on any atom is 0.337 e. The van der Waals surface area contributed by atoms with Gasteiger partial charge in [-0.1, -0.05) is 54.1 Å². The predicted molar refractivity (Wildman–Crippen MR) is 135 cm³/mol. The molecular weight excluding hydrogens is 450 g/mol. The summed E-state index contributed by atoms with van der Waals surface area (Å²) in [4.78, 5) is 17.8. The molecule has 7 heteroatoms. The predicted octanol–water partition coefficient (Wildman–Crippen LogP) is 5.40. The van der Waals surface area contributed by atoms with Crippen molar-refractivity contribution in [1.29, 1.82) is 0 Å². The Balaban J connectivity index is 1.50. The van der Waals surface area contributed by atoms with Crippen molar-refractivity contribution in [2.24, 2.45) is 5.92 Å². The van der Waals surface area contributed by atoms with Crippen molar-refractivity contribution >= 4 is 23.4 Å². The van der Waals surface area contributed by atoms with Crippen LogP contribution in [-0.4, -0.2) is 42.8 Å². The minimum atomic E-state index is -1.03. The Kier molecular flexibility index (Phi) is 7.70. The van der Waals surface area contributed by atoms with Gasteiger partial charge in [-0.05, 0) is 55.1 Å². The van der Waals surface area contributed by atoms with Gasteiger partial charge in [-0.25, -0.2) is 9.78 Å². The number of hydrogen-bond acceptors (Lipinski definition) is 5. The van der Waals surface area contributed by atoms with Gasteiger partial charge in [0.05, 0.1) is 17.7 Å². The van der Waals surface area contributed by atoms with E-state index in [4.69, 9.17) is 16.3 Å². The molecule has 3 atom stereocenters. The molecule has 34 heavy (non-hydrogen) atoms. The van der Waals surface area contributed by atoms with Crippen molar-refractivity contribution in [3.63, 3.8) is 0 Å². The molecule has 3 aromatic rings. The van der Waals surface area contributed by atoms with Gasteiger partial charge in [0.25, 0.3) is 0 Å². The van der Waals surface area contributed by atoms with Crippen LogP contribution in [0.4, 0.5) is 5.82 Å². The Bertz CT molecular complexity index is 1130. The molecule has 0 amide bonds. The van der Waals surface area contributed by atoms with Gasteiger partial charge >= 0.3 is 5.97 Å². The second-order valence-corrected chi connectivity index (χ2v) is 9.16. The van der Waals surface area contributed by atoms with Crippen LogP contribution in [0.2, 0.25) is 5.02 Å². The lowest BCUT2D eigenvalue weighted by atomic mass is 9.80. The fourth-order valence-electron chi connectivity index (χ4n) is 4.65. The van der Waals surface area contributed by atoms with E-state index in [2.05, 4.69) is 58.5 Å². The van der Waals surface area contributed by atoms with Crippen LogP contribution in [0.25, 0.3) is 0 Å². The van der Waals surface area contributed by atoms with Gasteiger partial charge in [-0.2, -0.15) is 0 Å². The lowest BCUT2D eigenvalue weighted by molar-refractivity contribution is 0.0696. The number of carbonyl (C=O) groups is 1. The Morgan fingerprint density at radius 3 is 2.74 bits per heavy atom. The van der Waals surface area contributed by atoms with E-state index in [0.717, 1.165) is 31.8 Å². The minimum absolute atomic E-state index is 0.0963. The zero-order valence-corrected chi connectivity index (χ0v) is 20.2. The second-order valence-electron chi connectivity index (χ2n) is 8.75. The van der Waals surface area contributed by atoms with E-state index in [9.17, 15) is 9.90 Å². The number of aromatic nitrogens is 1. The van der Waals surface area contributed by atoms with Crippen LogP contribution in [0, 0.1) is 5.92 Å². The third-order valence-electron chi connectivity index (χ3n) is 6.63. The van der Waals surface area contributed by atoms with Crippen molar-refractivity contribution in [1.82, 2.24) is 10.3 Å². The number of carboxylic acids is 1. The molecule has 6 nitrogen and oxygen atoms in total. The number of piperidine rings is 1. The number of benzene rings is 2. The smallest absolute Gasteiger partial charge is 0.337 e. The summed E-state index contributed by atoms with van der Waals surface area (Å²) < 4.78 is 5.38. The number of rotatable bonds is 8. The molecule has 4 rings (SSSR count). The van der Waals surface area contributed by atoms with Crippen LogP contribution in [0.1, 0.15) is 46.8 Å². The Morgan fingerprint density at radius 2 is 2.03 bits per heavy atom. The molecule has 0 radical (unpaired) electrons. The van der Waals surface area contributed by atoms with Gasteiger partial charge in [0.2, 0.25) is 0 Å². The van der Waals surface area contributed by atoms with Crippen LogP contribution in [0.15, 0.2) is 66.9 Å². The number of methoxy groups -OCH3 is 1. The first-order chi connectivity index (χ1) is 16.5. The molecule has 0 spiro atoms. The van der Waals surface area contributed by atoms with Crippen molar-refractivity contribution < 1.29 is 14.6 Å². The van der Waals surface area contributed by atoms with Crippen LogP contribution in [-0.2, 0) is 0 Å². The first-order valence-electron chi connectivity index (χ1n) is 11.5. The van der Waals surface area contributed by atoms with E-state index >= 15 is 0 Å². The lowest BCUT2D eigenvalue weighted by Gasteiger charge is -2.40. The Hall–Kier alpha value is -3.09. The maximum atomic E-state index is 11.3. The highest BCUT2D eigenvalue weighted by Gasteiger charge is 2.32. The molecule has 2 aromatic carbocycles. The first kappa shape index (κ1) is 24.0. The highest BCUT2D eigenvalue weighted by Crippen LogP contribution is 2.36. The molecule has 2 heterocycles. The summed E-state index contributed by atoms with van der Waals surface area (Å²) in [6, 6.07) is 20.4. The van der Waals surface area contributed by atoms with E-state index in [-0.39, 0.29) is 17.5 Å². The summed E-state index contributed by atoms with van der Waals surface area (Å²) in [7, 11) is 1.69. The number of ether oxygens (including phenoxy) is 1. The number of nitrogens with one attached hydrogen (secondary N) is 1. The Labute approximate surface area is 205 Å². The third-order valence-corrected chi connectivity index (χ3v) is 6.91. The van der Waals surface area contributed by atoms with E-state index in [1.807, 2.05) is 18.2 Å². The van der Waals surface area contributed by atoms with Crippen LogP contribution in [0.3, 0.4) is 0 Å². The van der Waals surface area contributed by atoms with Crippen molar-refractivity contribution in [3.8, 4) is 5.75 Å². The number of halogens is 1. The lowest BCUT2D eigenvalue weighted by Crippen LogP contribution is -2.43. The topological polar surface area (TPSA) is 74.7 Å². The molecular formula is C27H30ClN3O3. The normalized spacial score (nSPS) is 19.0. The Morgan fingerprint density at radius 1 is 1.24 bits per heavy atom. The number of anilines is 1. The molecule has 1 aliphatic heterocycles. The summed E-state index contributed by atoms with van der Waals surface area (Å²) in [6.45, 7) is 4.63. The number of hydrogen-bond donors (Lipinski definition) is 2. The largest absolute Gasteiger partial charge is 0.497 e. The monoisotopic (exact) mass is 479 g/mol. The second kappa shape index (κ2) is 10.9. The maximum absolute atomic E-state index is 11.3. The number of pyridine rings is 1. The summed E-state index contributed by atoms with van der Waals surface area (Å²) in [5.41, 5.74) is 2.58. The SMILES string of the molecule is COc1cccc([C@@H](C)NCC2CCN(c3ncc(C(=O)O)cc3Cl)CC2c2ccccc2)c1. The van der Waals surface area contributed by atoms with Gasteiger partial charge in [-0.15, -0.1) is 0 Å². The quantitative estimate of drug-likeness (QED) is 0.450. The summed E-state index contributed by atoms with van der Waals surface area (Å²) in [5.74, 6) is 1.20. The highest BCUT2D eigenvalue weighted by molar-refractivity contribution is 6.33. The first-order valence-corrected chi connectivity index (χ1v) is 11.9. The van der Waals surface area contributed by atoms with Crippen LogP contribution >= 0.6 is 11.6 Å². The fourth-order valence-corrected chi connectivity index (χ4v) is 4.94. The van der Waals surface area contributed by atoms with Gasteiger partial charge < -0.3 is 20.1 Å². The standard InChI is InChI=1S/C27H30ClN3O3/c1-18(20-9-6-10-23(13-20)34-2)29-15-21-11-12-31(17-24(21)19-7-4-3-5-8-19)26-25(28)14-22(16-30-26)27(32)33/h3-10,13-14,16,18,21,24,29H,11-12,15,17H2,1-2H3,(H,32,33)/t18-,21?,24?/m1/s1. The number of nitrogens with zero attached hydrogens (tertiary/aromatic N) is 2. The molecule has 0 saturated carbocycles. The zero-order chi connectivity index (χ0) is 24.1. The molecule has 178 valence electrons. The van der Waals surface area contributed by atoms with E-state index in [0.29, 0.717) is 16.8 Å². The fraction of sp³-hybridized carbons (Fsp3) is 0.333. The average molecular weight is 480 g/mol. The summed E-state index contributed by atoms with van der Waals surface area (Å²) >= 11 is 6.44. The average Bonchev–Trinajstić information content (AvgIpc) is 2.87. The molecule has 1 aliphatic rings. The van der Waals surface area contributed by atoms with Crippen molar-refractivity contribution in [2.45, 2.75) is 25.3 Å². The van der Waals surface area contributed by atoms with Gasteiger partial charge in [0.1, 0.15) is 11.6 Å². The van der Waals surface area contributed by atoms with E-state index < -0.39 is 5.97 Å². The summed E-state index contributed by atoms with van der Waals surface area (Å²) in [5, 5.41) is 13.3. The third kappa shape index (κ3) is 5.51. The molecule has 0 aliphatic carbocycles. The number of carboxylic acid groups (broad SMARTS) is 1. The number of aromatic carboxylic acids is 1. The van der Waals surface area contributed by atoms with Crippen molar-refractivity contribution in [3.05, 3.63) is 88.6 Å². The summed E-state index contributed by atoms with van der Waals surface area (Å²) in [6.07, 6.45) is 2.35. The van der Waals surface area contributed by atoms with Crippen molar-refractivity contribution in [2.75, 3.05) is 31.6 Å². The molecule has 0 bridgehead atoms. The molecule has 1 aromatic heterocycles. The highest BCUT2D eigenvalue weighted by atomic mass is 35.5. The molecule has 2 N–H and O–H groups in total. The molecule has 1 saturated heterocycles. The van der Waals surface area contributed by atoms with Gasteiger partial charge in [-0.3, -0.25) is 0 Å². The van der Waals surface area contributed by atoms with Gasteiger partial charge in [0.15, 0.2) is 0 Å². The molecule has 1 fully saturated rings. The molecule has 2 unspecified atom stereocenters.